The number of aromatic carboxylic acids is 2. The summed E-state index contributed by atoms with van der Waals surface area (Å²) in [6, 6.07) is 18.8. The molecule has 0 saturated carbocycles. The lowest BCUT2D eigenvalue weighted by atomic mass is 10.2. The van der Waals surface area contributed by atoms with Crippen LogP contribution in [0.15, 0.2) is 66.7 Å². The van der Waals surface area contributed by atoms with Crippen LogP contribution in [0.5, 0.6) is 11.5 Å². The number of aromatic amines is 1. The first-order valence-electron chi connectivity index (χ1n) is 10.9. The number of carboxylic acid groups (broad SMARTS) is 2. The number of aromatic nitrogens is 2. The highest BCUT2D eigenvalue weighted by molar-refractivity contribution is 5.93. The number of fused-ring (bicyclic) bond motifs is 1. The minimum absolute atomic E-state index is 0.215. The summed E-state index contributed by atoms with van der Waals surface area (Å²) in [5.74, 6) is 0.170. The Labute approximate surface area is 195 Å². The van der Waals surface area contributed by atoms with E-state index < -0.39 is 11.9 Å². The van der Waals surface area contributed by atoms with Crippen LogP contribution >= 0.6 is 0 Å². The van der Waals surface area contributed by atoms with Crippen molar-refractivity contribution in [3.05, 3.63) is 77.9 Å². The number of nitrogens with one attached hydrogen (secondary N) is 1. The van der Waals surface area contributed by atoms with Gasteiger partial charge in [-0.3, -0.25) is 0 Å². The van der Waals surface area contributed by atoms with E-state index in [1.165, 1.54) is 18.2 Å². The normalized spacial score (nSPS) is 10.8. The molecule has 4 rings (SSSR count). The van der Waals surface area contributed by atoms with Gasteiger partial charge in [-0.15, -0.1) is 0 Å². The van der Waals surface area contributed by atoms with Crippen LogP contribution in [0.1, 0.15) is 40.0 Å². The summed E-state index contributed by atoms with van der Waals surface area (Å²) in [5, 5.41) is 18.0. The molecule has 0 radical (unpaired) electrons. The van der Waals surface area contributed by atoms with E-state index in [2.05, 4.69) is 9.97 Å². The number of rotatable bonds is 11. The molecule has 0 unspecified atom stereocenters. The average Bonchev–Trinajstić information content (AvgIpc) is 3.27. The van der Waals surface area contributed by atoms with Gasteiger partial charge in [0.05, 0.1) is 35.4 Å². The molecule has 34 heavy (non-hydrogen) atoms. The fourth-order valence-electron chi connectivity index (χ4n) is 3.44. The van der Waals surface area contributed by atoms with E-state index in [-0.39, 0.29) is 11.1 Å². The number of ether oxygens (including phenoxy) is 2. The fraction of sp³-hybridized carbons (Fsp3) is 0.192. The monoisotopic (exact) mass is 460 g/mol. The van der Waals surface area contributed by atoms with Gasteiger partial charge in [0.1, 0.15) is 17.3 Å². The third-order valence-electron chi connectivity index (χ3n) is 5.28. The van der Waals surface area contributed by atoms with E-state index in [4.69, 9.17) is 19.7 Å². The number of hydrogen-bond acceptors (Lipinski definition) is 5. The Kier molecular flexibility index (Phi) is 7.07. The predicted molar refractivity (Wildman–Crippen MR) is 127 cm³/mol. The molecule has 0 amide bonds. The van der Waals surface area contributed by atoms with E-state index in [1.54, 1.807) is 24.3 Å². The molecule has 3 N–H and O–H groups in total. The van der Waals surface area contributed by atoms with Gasteiger partial charge in [-0.05, 0) is 86.0 Å². The van der Waals surface area contributed by atoms with Crippen LogP contribution in [-0.2, 0) is 0 Å². The van der Waals surface area contributed by atoms with E-state index in [0.717, 1.165) is 30.6 Å². The zero-order chi connectivity index (χ0) is 23.9. The van der Waals surface area contributed by atoms with Crippen LogP contribution < -0.4 is 9.47 Å². The maximum atomic E-state index is 11.1. The summed E-state index contributed by atoms with van der Waals surface area (Å²) >= 11 is 0. The van der Waals surface area contributed by atoms with Gasteiger partial charge in [-0.1, -0.05) is 0 Å². The number of carboxylic acids is 2. The lowest BCUT2D eigenvalue weighted by molar-refractivity contribution is 0.0686. The zero-order valence-corrected chi connectivity index (χ0v) is 18.4. The molecular weight excluding hydrogens is 436 g/mol. The second-order valence-corrected chi connectivity index (χ2v) is 7.73. The Bertz CT molecular complexity index is 1280. The Balaban J connectivity index is 1.19. The minimum atomic E-state index is -0.973. The van der Waals surface area contributed by atoms with E-state index in [9.17, 15) is 9.59 Å². The van der Waals surface area contributed by atoms with Gasteiger partial charge < -0.3 is 24.7 Å². The van der Waals surface area contributed by atoms with E-state index in [1.807, 2.05) is 24.3 Å². The van der Waals surface area contributed by atoms with E-state index >= 15 is 0 Å². The van der Waals surface area contributed by atoms with Gasteiger partial charge >= 0.3 is 11.9 Å². The number of imidazole rings is 1. The quantitative estimate of drug-likeness (QED) is 0.261. The van der Waals surface area contributed by atoms with Gasteiger partial charge in [0, 0.05) is 5.56 Å². The molecule has 0 spiro atoms. The fourth-order valence-corrected chi connectivity index (χ4v) is 3.44. The van der Waals surface area contributed by atoms with Gasteiger partial charge in [0.2, 0.25) is 0 Å². The Hall–Kier alpha value is -4.33. The smallest absolute Gasteiger partial charge is 0.335 e. The van der Waals surface area contributed by atoms with Crippen molar-refractivity contribution in [2.45, 2.75) is 19.3 Å². The molecule has 0 aliphatic heterocycles. The Morgan fingerprint density at radius 3 is 1.88 bits per heavy atom. The van der Waals surface area contributed by atoms with Crippen molar-refractivity contribution in [2.75, 3.05) is 13.2 Å². The molecule has 3 aromatic carbocycles. The topological polar surface area (TPSA) is 122 Å². The SMILES string of the molecule is O=C(O)c1ccc(OCCCCCOc2ccc(-c3nc4ccc(C(=O)O)cc4[nH]3)cc2)cc1. The first-order valence-corrected chi connectivity index (χ1v) is 10.9. The van der Waals surface area contributed by atoms with E-state index in [0.29, 0.717) is 35.8 Å². The summed E-state index contributed by atoms with van der Waals surface area (Å²) in [6.45, 7) is 1.15. The lowest BCUT2D eigenvalue weighted by Crippen LogP contribution is -2.01. The number of carbonyl (C=O) groups is 2. The largest absolute Gasteiger partial charge is 0.494 e. The molecular formula is C26H24N2O6. The van der Waals surface area contributed by atoms with Crippen molar-refractivity contribution < 1.29 is 29.3 Å². The highest BCUT2D eigenvalue weighted by Crippen LogP contribution is 2.24. The third kappa shape index (κ3) is 5.72. The molecule has 0 aliphatic carbocycles. The van der Waals surface area contributed by atoms with Gasteiger partial charge in [0.25, 0.3) is 0 Å². The second-order valence-electron chi connectivity index (χ2n) is 7.73. The van der Waals surface area contributed by atoms with Crippen molar-refractivity contribution in [3.8, 4) is 22.9 Å². The summed E-state index contributed by atoms with van der Waals surface area (Å²) < 4.78 is 11.4. The molecule has 1 heterocycles. The van der Waals surface area contributed by atoms with Crippen molar-refractivity contribution in [3.63, 3.8) is 0 Å². The standard InChI is InChI=1S/C26H24N2O6/c29-25(30)18-6-11-21(12-7-18)34-15-3-1-2-14-33-20-9-4-17(5-10-20)24-27-22-13-8-19(26(31)32)16-23(22)28-24/h4-13,16H,1-3,14-15H2,(H,27,28)(H,29,30)(H,31,32). The second kappa shape index (κ2) is 10.5. The first kappa shape index (κ1) is 22.8. The van der Waals surface area contributed by atoms with Crippen molar-refractivity contribution in [1.29, 1.82) is 0 Å². The Morgan fingerprint density at radius 1 is 0.735 bits per heavy atom. The molecule has 8 nitrogen and oxygen atoms in total. The molecule has 0 saturated heterocycles. The van der Waals surface area contributed by atoms with Crippen LogP contribution in [-0.4, -0.2) is 45.3 Å². The molecule has 0 fully saturated rings. The molecule has 8 heteroatoms. The molecule has 0 bridgehead atoms. The highest BCUT2D eigenvalue weighted by atomic mass is 16.5. The minimum Gasteiger partial charge on any atom is -0.494 e. The molecule has 0 aliphatic rings. The summed E-state index contributed by atoms with van der Waals surface area (Å²) in [5.41, 5.74) is 2.73. The summed E-state index contributed by atoms with van der Waals surface area (Å²) in [7, 11) is 0. The van der Waals surface area contributed by atoms with Crippen molar-refractivity contribution in [1.82, 2.24) is 9.97 Å². The third-order valence-corrected chi connectivity index (χ3v) is 5.28. The molecule has 1 aromatic heterocycles. The van der Waals surface area contributed by atoms with Crippen LogP contribution in [0.3, 0.4) is 0 Å². The predicted octanol–water partition coefficient (Wildman–Crippen LogP) is 5.25. The summed E-state index contributed by atoms with van der Waals surface area (Å²) in [4.78, 5) is 29.7. The number of unbranched alkanes of at least 4 members (excludes halogenated alkanes) is 2. The number of hydrogen-bond donors (Lipinski definition) is 3. The van der Waals surface area contributed by atoms with Crippen molar-refractivity contribution >= 4 is 23.0 Å². The number of nitrogens with zero attached hydrogens (tertiary/aromatic N) is 1. The van der Waals surface area contributed by atoms with Gasteiger partial charge in [0.15, 0.2) is 0 Å². The first-order chi connectivity index (χ1) is 16.5. The van der Waals surface area contributed by atoms with Crippen LogP contribution in [0.2, 0.25) is 0 Å². The maximum Gasteiger partial charge on any atom is 0.335 e. The van der Waals surface area contributed by atoms with Crippen LogP contribution in [0.25, 0.3) is 22.4 Å². The summed E-state index contributed by atoms with van der Waals surface area (Å²) in [6.07, 6.45) is 2.71. The maximum absolute atomic E-state index is 11.1. The molecule has 4 aromatic rings. The molecule has 174 valence electrons. The lowest BCUT2D eigenvalue weighted by Gasteiger charge is -2.08. The highest BCUT2D eigenvalue weighted by Gasteiger charge is 2.09. The number of benzene rings is 3. The zero-order valence-electron chi connectivity index (χ0n) is 18.4. The van der Waals surface area contributed by atoms with Crippen LogP contribution in [0.4, 0.5) is 0 Å². The van der Waals surface area contributed by atoms with Gasteiger partial charge in [-0.25, -0.2) is 14.6 Å². The Morgan fingerprint density at radius 2 is 1.29 bits per heavy atom. The van der Waals surface area contributed by atoms with Crippen molar-refractivity contribution in [2.24, 2.45) is 0 Å². The molecule has 0 atom stereocenters. The van der Waals surface area contributed by atoms with Gasteiger partial charge in [-0.2, -0.15) is 0 Å². The average molecular weight is 460 g/mol. The number of H-pyrrole nitrogens is 1. The van der Waals surface area contributed by atoms with Crippen LogP contribution in [0, 0.1) is 0 Å².